The Balaban J connectivity index is 0.00000338. The second-order valence-corrected chi connectivity index (χ2v) is 8.93. The number of aliphatic imine (C=N–C) groups is 1. The lowest BCUT2D eigenvalue weighted by Crippen LogP contribution is -2.53. The van der Waals surface area contributed by atoms with Gasteiger partial charge in [-0.05, 0) is 27.2 Å². The quantitative estimate of drug-likeness (QED) is 0.214. The normalized spacial score (nSPS) is 15.6. The molecule has 0 aliphatic carbocycles. The van der Waals surface area contributed by atoms with E-state index in [-0.39, 0.29) is 30.1 Å². The first kappa shape index (κ1) is 23.3. The highest BCUT2D eigenvalue weighted by Gasteiger charge is 2.26. The lowest BCUT2D eigenvalue weighted by molar-refractivity contribution is 0.0186. The molecule has 2 heterocycles. The number of thiazole rings is 1. The van der Waals surface area contributed by atoms with Crippen LogP contribution in [-0.2, 0) is 4.74 Å². The summed E-state index contributed by atoms with van der Waals surface area (Å²) in [6.07, 6.45) is 2.52. The molecule has 10 heteroatoms. The monoisotopic (exact) mass is 513 g/mol. The summed E-state index contributed by atoms with van der Waals surface area (Å²) in [6, 6.07) is 0. The Morgan fingerprint density at radius 2 is 2.00 bits per heavy atom. The molecule has 26 heavy (non-hydrogen) atoms. The second-order valence-electron chi connectivity index (χ2n) is 6.69. The lowest BCUT2D eigenvalue weighted by Gasteiger charge is -2.36. The number of carbonyl (C=O) groups excluding carboxylic acids is 1. The van der Waals surface area contributed by atoms with Crippen molar-refractivity contribution in [3.05, 3.63) is 11.6 Å². The van der Waals surface area contributed by atoms with Gasteiger partial charge in [0.1, 0.15) is 9.94 Å². The molecule has 2 N–H and O–H groups in total. The minimum atomic E-state index is -0.467. The number of amides is 1. The number of nitrogens with zero attached hydrogens (tertiary/aromatic N) is 4. The summed E-state index contributed by atoms with van der Waals surface area (Å²) in [7, 11) is 0. The third-order valence-electron chi connectivity index (χ3n) is 3.47. The van der Waals surface area contributed by atoms with Crippen molar-refractivity contribution in [2.45, 2.75) is 37.1 Å². The van der Waals surface area contributed by atoms with Gasteiger partial charge in [-0.2, -0.15) is 0 Å². The molecule has 0 unspecified atom stereocenters. The average Bonchev–Trinajstić information content (AvgIpc) is 3.06. The predicted octanol–water partition coefficient (Wildman–Crippen LogP) is 3.11. The number of piperazine rings is 1. The zero-order chi connectivity index (χ0) is 18.3. The van der Waals surface area contributed by atoms with Gasteiger partial charge >= 0.3 is 6.09 Å². The van der Waals surface area contributed by atoms with Crippen LogP contribution in [-0.4, -0.2) is 70.9 Å². The predicted molar refractivity (Wildman–Crippen MR) is 119 cm³/mol. The molecule has 0 spiro atoms. The second kappa shape index (κ2) is 11.2. The van der Waals surface area contributed by atoms with E-state index in [2.05, 4.69) is 9.98 Å². The Hall–Kier alpha value is -0.750. The molecule has 0 atom stereocenters. The molecule has 1 amide bonds. The smallest absolute Gasteiger partial charge is 0.410 e. The third kappa shape index (κ3) is 8.30. The Labute approximate surface area is 180 Å². The Morgan fingerprint density at radius 3 is 2.58 bits per heavy atom. The summed E-state index contributed by atoms with van der Waals surface area (Å²) in [5.41, 5.74) is 5.61. The van der Waals surface area contributed by atoms with E-state index in [1.54, 1.807) is 28.0 Å². The molecule has 1 aromatic rings. The van der Waals surface area contributed by atoms with Gasteiger partial charge in [-0.15, -0.1) is 35.3 Å². The van der Waals surface area contributed by atoms with Crippen LogP contribution in [0.4, 0.5) is 4.79 Å². The number of nitrogens with two attached hydrogens (primary N) is 1. The molecule has 0 aromatic carbocycles. The SMILES string of the molecule is CC(C)(C)OC(=O)N1CCN(C(N)=NCCCSc2nccs2)CC1.I. The maximum absolute atomic E-state index is 12.0. The topological polar surface area (TPSA) is 84.0 Å². The van der Waals surface area contributed by atoms with Crippen LogP contribution >= 0.6 is 47.1 Å². The van der Waals surface area contributed by atoms with Gasteiger partial charge in [0, 0.05) is 50.1 Å². The third-order valence-corrected chi connectivity index (χ3v) is 5.52. The van der Waals surface area contributed by atoms with Crippen molar-refractivity contribution in [1.82, 2.24) is 14.8 Å². The first-order valence-electron chi connectivity index (χ1n) is 8.40. The number of guanidine groups is 1. The number of halogens is 1. The first-order chi connectivity index (χ1) is 11.8. The van der Waals surface area contributed by atoms with E-state index in [9.17, 15) is 4.79 Å². The first-order valence-corrected chi connectivity index (χ1v) is 10.3. The van der Waals surface area contributed by atoms with Gasteiger partial charge in [0.05, 0.1) is 0 Å². The minimum Gasteiger partial charge on any atom is -0.444 e. The van der Waals surface area contributed by atoms with Crippen LogP contribution in [0.5, 0.6) is 0 Å². The van der Waals surface area contributed by atoms with Crippen molar-refractivity contribution < 1.29 is 9.53 Å². The molecule has 148 valence electrons. The summed E-state index contributed by atoms with van der Waals surface area (Å²) in [5, 5.41) is 1.98. The maximum Gasteiger partial charge on any atom is 0.410 e. The molecule has 7 nitrogen and oxygen atoms in total. The fraction of sp³-hybridized carbons (Fsp3) is 0.688. The highest BCUT2D eigenvalue weighted by Crippen LogP contribution is 2.20. The Morgan fingerprint density at radius 1 is 1.35 bits per heavy atom. The van der Waals surface area contributed by atoms with Crippen molar-refractivity contribution in [2.75, 3.05) is 38.5 Å². The van der Waals surface area contributed by atoms with Gasteiger partial charge in [0.15, 0.2) is 5.96 Å². The number of hydrogen-bond donors (Lipinski definition) is 1. The molecular formula is C16H28IN5O2S2. The molecule has 1 aliphatic heterocycles. The highest BCUT2D eigenvalue weighted by atomic mass is 127. The van der Waals surface area contributed by atoms with Crippen molar-refractivity contribution in [3.8, 4) is 0 Å². The molecule has 0 radical (unpaired) electrons. The molecule has 1 aromatic heterocycles. The number of ether oxygens (including phenoxy) is 1. The summed E-state index contributed by atoms with van der Waals surface area (Å²) in [4.78, 5) is 24.5. The van der Waals surface area contributed by atoms with E-state index < -0.39 is 5.60 Å². The van der Waals surface area contributed by atoms with Crippen LogP contribution in [0.15, 0.2) is 20.9 Å². The van der Waals surface area contributed by atoms with Crippen LogP contribution in [0.1, 0.15) is 27.2 Å². The van der Waals surface area contributed by atoms with Crippen LogP contribution in [0.25, 0.3) is 0 Å². The maximum atomic E-state index is 12.0. The molecule has 1 aliphatic rings. The van der Waals surface area contributed by atoms with Crippen molar-refractivity contribution in [1.29, 1.82) is 0 Å². The Bertz CT molecular complexity index is 570. The van der Waals surface area contributed by atoms with E-state index >= 15 is 0 Å². The fourth-order valence-corrected chi connectivity index (χ4v) is 3.88. The molecule has 0 bridgehead atoms. The van der Waals surface area contributed by atoms with E-state index in [1.807, 2.05) is 37.2 Å². The van der Waals surface area contributed by atoms with Crippen LogP contribution < -0.4 is 5.73 Å². The summed E-state index contributed by atoms with van der Waals surface area (Å²) in [5.74, 6) is 1.54. The molecule has 1 fully saturated rings. The minimum absolute atomic E-state index is 0. The number of thioether (sulfide) groups is 1. The lowest BCUT2D eigenvalue weighted by atomic mass is 10.2. The van der Waals surface area contributed by atoms with Crippen molar-refractivity contribution in [3.63, 3.8) is 0 Å². The number of carbonyl (C=O) groups is 1. The van der Waals surface area contributed by atoms with E-state index in [0.29, 0.717) is 38.7 Å². The van der Waals surface area contributed by atoms with Crippen molar-refractivity contribution in [2.24, 2.45) is 10.7 Å². The van der Waals surface area contributed by atoms with Crippen LogP contribution in [0, 0.1) is 0 Å². The van der Waals surface area contributed by atoms with Crippen LogP contribution in [0.2, 0.25) is 0 Å². The highest BCUT2D eigenvalue weighted by molar-refractivity contribution is 14.0. The van der Waals surface area contributed by atoms with E-state index in [4.69, 9.17) is 10.5 Å². The van der Waals surface area contributed by atoms with Crippen LogP contribution in [0.3, 0.4) is 0 Å². The van der Waals surface area contributed by atoms with E-state index in [0.717, 1.165) is 16.5 Å². The summed E-state index contributed by atoms with van der Waals surface area (Å²) < 4.78 is 6.49. The zero-order valence-electron chi connectivity index (χ0n) is 15.5. The van der Waals surface area contributed by atoms with E-state index in [1.165, 1.54) is 0 Å². The van der Waals surface area contributed by atoms with Gasteiger partial charge in [0.25, 0.3) is 0 Å². The van der Waals surface area contributed by atoms with Crippen molar-refractivity contribution >= 4 is 59.1 Å². The van der Waals surface area contributed by atoms with Gasteiger partial charge in [-0.1, -0.05) is 11.8 Å². The standard InChI is InChI=1S/C16H27N5O2S2.HI/c1-16(2,3)23-15(22)21-9-7-20(8-10-21)13(17)18-5-4-11-24-14-19-6-12-25-14;/h6,12H,4-5,7-11H2,1-3H3,(H2,17,18);1H. The largest absolute Gasteiger partial charge is 0.444 e. The van der Waals surface area contributed by atoms with Gasteiger partial charge in [0.2, 0.25) is 0 Å². The number of aromatic nitrogens is 1. The molecule has 0 saturated carbocycles. The Kier molecular flexibility index (Phi) is 10.0. The molecule has 1 saturated heterocycles. The summed E-state index contributed by atoms with van der Waals surface area (Å²) in [6.45, 7) is 8.90. The average molecular weight is 513 g/mol. The molecular weight excluding hydrogens is 485 g/mol. The van der Waals surface area contributed by atoms with Gasteiger partial charge < -0.3 is 20.3 Å². The van der Waals surface area contributed by atoms with Gasteiger partial charge in [-0.25, -0.2) is 9.78 Å². The fourth-order valence-electron chi connectivity index (χ4n) is 2.24. The number of rotatable bonds is 5. The van der Waals surface area contributed by atoms with Gasteiger partial charge in [-0.3, -0.25) is 4.99 Å². The zero-order valence-corrected chi connectivity index (χ0v) is 19.5. The number of hydrogen-bond acceptors (Lipinski definition) is 6. The summed E-state index contributed by atoms with van der Waals surface area (Å²) >= 11 is 3.40. The molecule has 2 rings (SSSR count).